The van der Waals surface area contributed by atoms with E-state index in [1.165, 1.54) is 30.3 Å². The van der Waals surface area contributed by atoms with Gasteiger partial charge in [-0.05, 0) is 12.1 Å². The van der Waals surface area contributed by atoms with Crippen molar-refractivity contribution in [3.63, 3.8) is 0 Å². The molecule has 0 radical (unpaired) electrons. The Balaban J connectivity index is 2.07. The lowest BCUT2D eigenvalue weighted by Crippen LogP contribution is -2.26. The standard InChI is InChI=1S/C15H13NO6/c17-8-4-12(19)9-6-10(16-21)15(22-14(9)5-8)7-1-2-11(18)13(20)3-7/h1-5,15,17-21H,6H2/b16-10-/t15-/m1/s1. The first-order valence-corrected chi connectivity index (χ1v) is 6.44. The quantitative estimate of drug-likeness (QED) is 0.312. The number of nitrogens with zero attached hydrogens (tertiary/aromatic N) is 1. The van der Waals surface area contributed by atoms with Gasteiger partial charge in [0, 0.05) is 29.7 Å². The summed E-state index contributed by atoms with van der Waals surface area (Å²) in [5.74, 6) is -0.681. The zero-order chi connectivity index (χ0) is 15.9. The number of hydrogen-bond donors (Lipinski definition) is 5. The van der Waals surface area contributed by atoms with Gasteiger partial charge in [-0.15, -0.1) is 0 Å². The SMILES string of the molecule is O/N=C1/Cc2c(O)cc(O)cc2O[C@@H]1c1ccc(O)c(O)c1. The van der Waals surface area contributed by atoms with Crippen molar-refractivity contribution in [2.75, 3.05) is 0 Å². The first-order chi connectivity index (χ1) is 10.5. The average Bonchev–Trinajstić information content (AvgIpc) is 2.48. The van der Waals surface area contributed by atoms with Gasteiger partial charge < -0.3 is 30.4 Å². The molecule has 7 nitrogen and oxygen atoms in total. The van der Waals surface area contributed by atoms with Crippen LogP contribution >= 0.6 is 0 Å². The molecule has 3 rings (SSSR count). The van der Waals surface area contributed by atoms with Crippen LogP contribution in [0.15, 0.2) is 35.5 Å². The maximum atomic E-state index is 9.84. The summed E-state index contributed by atoms with van der Waals surface area (Å²) in [6.07, 6.45) is -0.699. The molecule has 2 aromatic rings. The molecule has 1 aliphatic heterocycles. The second-order valence-electron chi connectivity index (χ2n) is 4.96. The van der Waals surface area contributed by atoms with Crippen molar-refractivity contribution in [2.24, 2.45) is 5.16 Å². The summed E-state index contributed by atoms with van der Waals surface area (Å²) in [5, 5.41) is 50.7. The zero-order valence-corrected chi connectivity index (χ0v) is 11.3. The smallest absolute Gasteiger partial charge is 0.166 e. The van der Waals surface area contributed by atoms with Crippen LogP contribution in [0.5, 0.6) is 28.7 Å². The molecule has 0 saturated carbocycles. The maximum Gasteiger partial charge on any atom is 0.166 e. The molecule has 0 bridgehead atoms. The van der Waals surface area contributed by atoms with E-state index in [1.807, 2.05) is 0 Å². The van der Waals surface area contributed by atoms with Crippen LogP contribution in [-0.2, 0) is 6.42 Å². The molecule has 0 saturated heterocycles. The van der Waals surface area contributed by atoms with Gasteiger partial charge in [-0.3, -0.25) is 0 Å². The van der Waals surface area contributed by atoms with E-state index in [0.29, 0.717) is 11.1 Å². The highest BCUT2D eigenvalue weighted by atomic mass is 16.5. The number of fused-ring (bicyclic) bond motifs is 1. The summed E-state index contributed by atoms with van der Waals surface area (Å²) in [6, 6.07) is 6.61. The predicted molar refractivity (Wildman–Crippen MR) is 75.8 cm³/mol. The summed E-state index contributed by atoms with van der Waals surface area (Å²) in [7, 11) is 0. The van der Waals surface area contributed by atoms with Crippen LogP contribution in [0.4, 0.5) is 0 Å². The van der Waals surface area contributed by atoms with Crippen molar-refractivity contribution in [1.82, 2.24) is 0 Å². The van der Waals surface area contributed by atoms with E-state index in [0.717, 1.165) is 0 Å². The van der Waals surface area contributed by atoms with Crippen molar-refractivity contribution in [1.29, 1.82) is 0 Å². The highest BCUT2D eigenvalue weighted by molar-refractivity contribution is 5.94. The maximum absolute atomic E-state index is 9.84. The van der Waals surface area contributed by atoms with Crippen LogP contribution in [0, 0.1) is 0 Å². The molecule has 22 heavy (non-hydrogen) atoms. The first-order valence-electron chi connectivity index (χ1n) is 6.44. The summed E-state index contributed by atoms with van der Waals surface area (Å²) in [6.45, 7) is 0. The number of phenolic OH excluding ortho intramolecular Hbond substituents is 4. The van der Waals surface area contributed by atoms with Gasteiger partial charge in [-0.25, -0.2) is 0 Å². The topological polar surface area (TPSA) is 123 Å². The van der Waals surface area contributed by atoms with Crippen LogP contribution in [0.2, 0.25) is 0 Å². The summed E-state index contributed by atoms with van der Waals surface area (Å²) >= 11 is 0. The van der Waals surface area contributed by atoms with Crippen molar-refractivity contribution < 1.29 is 30.4 Å². The Morgan fingerprint density at radius 1 is 0.955 bits per heavy atom. The fourth-order valence-electron chi connectivity index (χ4n) is 2.42. The minimum atomic E-state index is -0.815. The summed E-state index contributed by atoms with van der Waals surface area (Å²) in [5.41, 5.74) is 1.07. The molecule has 1 atom stereocenters. The van der Waals surface area contributed by atoms with Gasteiger partial charge >= 0.3 is 0 Å². The molecule has 0 fully saturated rings. The predicted octanol–water partition coefficient (Wildman–Crippen LogP) is 2.02. The fraction of sp³-hybridized carbons (Fsp3) is 0.133. The number of hydrogen-bond acceptors (Lipinski definition) is 7. The number of phenols is 4. The average molecular weight is 303 g/mol. The molecule has 1 heterocycles. The lowest BCUT2D eigenvalue weighted by Gasteiger charge is -2.27. The Labute approximate surface area is 125 Å². The summed E-state index contributed by atoms with van der Waals surface area (Å²) in [4.78, 5) is 0. The van der Waals surface area contributed by atoms with Gasteiger partial charge in [-0.2, -0.15) is 0 Å². The third kappa shape index (κ3) is 2.22. The molecule has 2 aromatic carbocycles. The Morgan fingerprint density at radius 3 is 2.41 bits per heavy atom. The molecule has 0 aromatic heterocycles. The van der Waals surface area contributed by atoms with E-state index >= 15 is 0 Å². The first kappa shape index (κ1) is 13.9. The Kier molecular flexibility index (Phi) is 3.17. The van der Waals surface area contributed by atoms with Crippen LogP contribution < -0.4 is 4.74 Å². The van der Waals surface area contributed by atoms with Gasteiger partial charge in [0.2, 0.25) is 0 Å². The van der Waals surface area contributed by atoms with E-state index in [9.17, 15) is 25.6 Å². The number of ether oxygens (including phenoxy) is 1. The van der Waals surface area contributed by atoms with Gasteiger partial charge in [0.25, 0.3) is 0 Å². The van der Waals surface area contributed by atoms with E-state index in [2.05, 4.69) is 5.16 Å². The molecule has 0 aliphatic carbocycles. The molecular weight excluding hydrogens is 290 g/mol. The highest BCUT2D eigenvalue weighted by Gasteiger charge is 2.31. The van der Waals surface area contributed by atoms with Gasteiger partial charge in [-0.1, -0.05) is 11.2 Å². The molecular formula is C15H13NO6. The lowest BCUT2D eigenvalue weighted by molar-refractivity contribution is 0.240. The minimum Gasteiger partial charge on any atom is -0.508 e. The molecule has 0 amide bonds. The van der Waals surface area contributed by atoms with Crippen LogP contribution in [0.1, 0.15) is 17.2 Å². The second kappa shape index (κ2) is 5.03. The van der Waals surface area contributed by atoms with Crippen LogP contribution in [0.3, 0.4) is 0 Å². The Hall–Kier alpha value is -3.09. The van der Waals surface area contributed by atoms with E-state index < -0.39 is 6.10 Å². The zero-order valence-electron chi connectivity index (χ0n) is 11.3. The molecule has 0 unspecified atom stereocenters. The minimum absolute atomic E-state index is 0.115. The van der Waals surface area contributed by atoms with E-state index in [1.54, 1.807) is 0 Å². The largest absolute Gasteiger partial charge is 0.508 e. The third-order valence-corrected chi connectivity index (χ3v) is 3.51. The van der Waals surface area contributed by atoms with Crippen molar-refractivity contribution in [3.8, 4) is 28.7 Å². The van der Waals surface area contributed by atoms with Crippen LogP contribution in [0.25, 0.3) is 0 Å². The lowest BCUT2D eigenvalue weighted by atomic mass is 9.94. The normalized spacial score (nSPS) is 18.7. The van der Waals surface area contributed by atoms with Gasteiger partial charge in [0.1, 0.15) is 23.0 Å². The fourth-order valence-corrected chi connectivity index (χ4v) is 2.42. The second-order valence-corrected chi connectivity index (χ2v) is 4.96. The van der Waals surface area contributed by atoms with Crippen LogP contribution in [-0.4, -0.2) is 31.3 Å². The molecule has 7 heteroatoms. The number of rotatable bonds is 1. The van der Waals surface area contributed by atoms with Crippen molar-refractivity contribution in [3.05, 3.63) is 41.5 Å². The Morgan fingerprint density at radius 2 is 1.73 bits per heavy atom. The molecule has 1 aliphatic rings. The monoisotopic (exact) mass is 303 g/mol. The molecule has 5 N–H and O–H groups in total. The van der Waals surface area contributed by atoms with Crippen molar-refractivity contribution in [2.45, 2.75) is 12.5 Å². The summed E-state index contributed by atoms with van der Waals surface area (Å²) < 4.78 is 5.67. The number of aromatic hydroxyl groups is 4. The van der Waals surface area contributed by atoms with E-state index in [4.69, 9.17) is 4.74 Å². The van der Waals surface area contributed by atoms with Crippen molar-refractivity contribution >= 4 is 5.71 Å². The van der Waals surface area contributed by atoms with E-state index in [-0.39, 0.29) is 40.9 Å². The number of oxime groups is 1. The highest BCUT2D eigenvalue weighted by Crippen LogP contribution is 2.41. The Bertz CT molecular complexity index is 771. The van der Waals surface area contributed by atoms with Gasteiger partial charge in [0.05, 0.1) is 0 Å². The molecule has 0 spiro atoms. The number of benzene rings is 2. The third-order valence-electron chi connectivity index (χ3n) is 3.51. The van der Waals surface area contributed by atoms with Gasteiger partial charge in [0.15, 0.2) is 17.6 Å². The molecule has 114 valence electrons.